The second-order valence-corrected chi connectivity index (χ2v) is 3.20. The van der Waals surface area contributed by atoms with Gasteiger partial charge in [-0.15, -0.1) is 0 Å². The Kier molecular flexibility index (Phi) is 3.76. The van der Waals surface area contributed by atoms with E-state index in [4.69, 9.17) is 21.8 Å². The Bertz CT molecular complexity index is 367. The molecule has 15 heavy (non-hydrogen) atoms. The molecular weight excluding hydrogens is 222 g/mol. The molecule has 82 valence electrons. The molecule has 6 heteroatoms. The summed E-state index contributed by atoms with van der Waals surface area (Å²) in [6.07, 6.45) is -1.98. The summed E-state index contributed by atoms with van der Waals surface area (Å²) in [6, 6.07) is 4.14. The van der Waals surface area contributed by atoms with Crippen LogP contribution in [0.25, 0.3) is 0 Å². The fourth-order valence-corrected chi connectivity index (χ4v) is 1.07. The smallest absolute Gasteiger partial charge is 0.413 e. The van der Waals surface area contributed by atoms with E-state index < -0.39 is 12.4 Å². The van der Waals surface area contributed by atoms with Gasteiger partial charge in [-0.05, 0) is 25.1 Å². The summed E-state index contributed by atoms with van der Waals surface area (Å²) in [5, 5.41) is 20.3. The molecule has 0 bridgehead atoms. The SMILES string of the molecule is CC(O)OC(=O)Nc1ccc(O)c(Cl)c1. The number of benzene rings is 1. The Morgan fingerprint density at radius 3 is 2.80 bits per heavy atom. The third-order valence-electron chi connectivity index (χ3n) is 1.47. The predicted octanol–water partition coefficient (Wildman–Crippen LogP) is 1.93. The molecule has 1 amide bonds. The lowest BCUT2D eigenvalue weighted by atomic mass is 10.3. The van der Waals surface area contributed by atoms with Gasteiger partial charge in [-0.3, -0.25) is 5.32 Å². The first kappa shape index (κ1) is 11.6. The number of halogens is 1. The van der Waals surface area contributed by atoms with Crippen LogP contribution in [-0.4, -0.2) is 22.6 Å². The number of nitrogens with one attached hydrogen (secondary N) is 1. The molecule has 1 rings (SSSR count). The highest BCUT2D eigenvalue weighted by Gasteiger charge is 2.07. The average Bonchev–Trinajstić information content (AvgIpc) is 2.10. The zero-order valence-electron chi connectivity index (χ0n) is 7.90. The minimum Gasteiger partial charge on any atom is -0.506 e. The summed E-state index contributed by atoms with van der Waals surface area (Å²) in [5.74, 6) is -0.0777. The number of anilines is 1. The number of ether oxygens (including phenoxy) is 1. The second kappa shape index (κ2) is 4.86. The number of hydrogen-bond acceptors (Lipinski definition) is 4. The van der Waals surface area contributed by atoms with E-state index in [0.29, 0.717) is 5.69 Å². The van der Waals surface area contributed by atoms with E-state index in [1.54, 1.807) is 0 Å². The first-order chi connectivity index (χ1) is 6.99. The van der Waals surface area contributed by atoms with Crippen molar-refractivity contribution in [2.45, 2.75) is 13.2 Å². The third-order valence-corrected chi connectivity index (χ3v) is 1.77. The molecule has 1 atom stereocenters. The van der Waals surface area contributed by atoms with Crippen LogP contribution in [0.1, 0.15) is 6.92 Å². The quantitative estimate of drug-likeness (QED) is 0.537. The van der Waals surface area contributed by atoms with Crippen molar-refractivity contribution in [3.8, 4) is 5.75 Å². The molecule has 1 aromatic rings. The first-order valence-electron chi connectivity index (χ1n) is 4.13. The molecule has 1 aromatic carbocycles. The van der Waals surface area contributed by atoms with Gasteiger partial charge < -0.3 is 14.9 Å². The highest BCUT2D eigenvalue weighted by Crippen LogP contribution is 2.26. The lowest BCUT2D eigenvalue weighted by molar-refractivity contribution is -0.0314. The van der Waals surface area contributed by atoms with Crippen LogP contribution in [0.15, 0.2) is 18.2 Å². The van der Waals surface area contributed by atoms with Crippen LogP contribution in [0.3, 0.4) is 0 Å². The summed E-state index contributed by atoms with van der Waals surface area (Å²) in [4.78, 5) is 11.0. The standard InChI is InChI=1S/C9H10ClNO4/c1-5(12)15-9(14)11-6-2-3-8(13)7(10)4-6/h2-5,12-13H,1H3,(H,11,14). The van der Waals surface area contributed by atoms with E-state index in [9.17, 15) is 4.79 Å². The minimum absolute atomic E-state index is 0.0777. The number of rotatable bonds is 2. The number of phenols is 1. The number of phenolic OH excluding ortho intramolecular Hbond substituents is 1. The second-order valence-electron chi connectivity index (χ2n) is 2.80. The molecule has 1 unspecified atom stereocenters. The van der Waals surface area contributed by atoms with Crippen molar-refractivity contribution in [1.82, 2.24) is 0 Å². The molecule has 0 aliphatic rings. The zero-order chi connectivity index (χ0) is 11.4. The first-order valence-corrected chi connectivity index (χ1v) is 4.51. The van der Waals surface area contributed by atoms with Crippen molar-refractivity contribution in [2.24, 2.45) is 0 Å². The Morgan fingerprint density at radius 2 is 2.27 bits per heavy atom. The number of amides is 1. The Balaban J connectivity index is 2.65. The van der Waals surface area contributed by atoms with Crippen LogP contribution >= 0.6 is 11.6 Å². The molecule has 0 saturated heterocycles. The summed E-state index contributed by atoms with van der Waals surface area (Å²) >= 11 is 5.61. The van der Waals surface area contributed by atoms with Gasteiger partial charge in [0, 0.05) is 5.69 Å². The topological polar surface area (TPSA) is 78.8 Å². The molecule has 0 aromatic heterocycles. The molecule has 5 nitrogen and oxygen atoms in total. The van der Waals surface area contributed by atoms with Crippen LogP contribution in [0.5, 0.6) is 5.75 Å². The molecule has 0 radical (unpaired) electrons. The fraction of sp³-hybridized carbons (Fsp3) is 0.222. The Hall–Kier alpha value is -1.46. The number of carbonyl (C=O) groups is 1. The maximum absolute atomic E-state index is 11.0. The van der Waals surface area contributed by atoms with Gasteiger partial charge in [0.25, 0.3) is 0 Å². The van der Waals surface area contributed by atoms with Crippen molar-refractivity contribution < 1.29 is 19.7 Å². The van der Waals surface area contributed by atoms with Crippen molar-refractivity contribution in [2.75, 3.05) is 5.32 Å². The average molecular weight is 232 g/mol. The normalized spacial score (nSPS) is 11.9. The maximum Gasteiger partial charge on any atom is 0.413 e. The summed E-state index contributed by atoms with van der Waals surface area (Å²) in [6.45, 7) is 1.31. The van der Waals surface area contributed by atoms with Gasteiger partial charge in [0.05, 0.1) is 5.02 Å². The molecule has 0 aliphatic carbocycles. The minimum atomic E-state index is -1.18. The molecule has 0 aliphatic heterocycles. The zero-order valence-corrected chi connectivity index (χ0v) is 8.65. The maximum atomic E-state index is 11.0. The van der Waals surface area contributed by atoms with Crippen molar-refractivity contribution in [1.29, 1.82) is 0 Å². The van der Waals surface area contributed by atoms with E-state index in [-0.39, 0.29) is 10.8 Å². The van der Waals surface area contributed by atoms with Crippen LogP contribution < -0.4 is 5.32 Å². The van der Waals surface area contributed by atoms with Crippen molar-refractivity contribution in [3.63, 3.8) is 0 Å². The Labute approximate surface area is 91.2 Å². The molecule has 0 spiro atoms. The van der Waals surface area contributed by atoms with E-state index in [0.717, 1.165) is 0 Å². The largest absolute Gasteiger partial charge is 0.506 e. The van der Waals surface area contributed by atoms with Gasteiger partial charge in [-0.1, -0.05) is 11.6 Å². The van der Waals surface area contributed by atoms with Gasteiger partial charge in [0.1, 0.15) is 5.75 Å². The highest BCUT2D eigenvalue weighted by atomic mass is 35.5. The van der Waals surface area contributed by atoms with Crippen LogP contribution in [-0.2, 0) is 4.74 Å². The van der Waals surface area contributed by atoms with Gasteiger partial charge in [-0.25, -0.2) is 4.79 Å². The Morgan fingerprint density at radius 1 is 1.60 bits per heavy atom. The van der Waals surface area contributed by atoms with Gasteiger partial charge in [0.2, 0.25) is 0 Å². The van der Waals surface area contributed by atoms with E-state index >= 15 is 0 Å². The number of aliphatic hydroxyl groups excluding tert-OH is 1. The van der Waals surface area contributed by atoms with Crippen LogP contribution in [0.2, 0.25) is 5.02 Å². The number of aliphatic hydroxyl groups is 1. The van der Waals surface area contributed by atoms with Crippen molar-refractivity contribution >= 4 is 23.4 Å². The summed E-state index contributed by atoms with van der Waals surface area (Å²) < 4.78 is 4.42. The van der Waals surface area contributed by atoms with Gasteiger partial charge in [0.15, 0.2) is 6.29 Å². The van der Waals surface area contributed by atoms with E-state index in [1.165, 1.54) is 25.1 Å². The highest BCUT2D eigenvalue weighted by molar-refractivity contribution is 6.32. The van der Waals surface area contributed by atoms with Crippen LogP contribution in [0, 0.1) is 0 Å². The lowest BCUT2D eigenvalue weighted by Crippen LogP contribution is -2.19. The molecular formula is C9H10ClNO4. The van der Waals surface area contributed by atoms with Gasteiger partial charge in [-0.2, -0.15) is 0 Å². The predicted molar refractivity (Wildman–Crippen MR) is 54.9 cm³/mol. The third kappa shape index (κ3) is 3.65. The molecule has 0 heterocycles. The lowest BCUT2D eigenvalue weighted by Gasteiger charge is -2.08. The number of hydrogen-bond donors (Lipinski definition) is 3. The molecule has 0 fully saturated rings. The van der Waals surface area contributed by atoms with Crippen LogP contribution in [0.4, 0.5) is 10.5 Å². The summed E-state index contributed by atoms with van der Waals surface area (Å²) in [7, 11) is 0. The number of carbonyl (C=O) groups excluding carboxylic acids is 1. The monoisotopic (exact) mass is 231 g/mol. The fourth-order valence-electron chi connectivity index (χ4n) is 0.887. The summed E-state index contributed by atoms with van der Waals surface area (Å²) in [5.41, 5.74) is 0.364. The van der Waals surface area contributed by atoms with E-state index in [1.807, 2.05) is 0 Å². The molecule has 0 saturated carbocycles. The van der Waals surface area contributed by atoms with E-state index in [2.05, 4.69) is 10.1 Å². The molecule has 3 N–H and O–H groups in total. The van der Waals surface area contributed by atoms with Crippen molar-refractivity contribution in [3.05, 3.63) is 23.2 Å². The van der Waals surface area contributed by atoms with Gasteiger partial charge >= 0.3 is 6.09 Å². The number of aromatic hydroxyl groups is 1.